The molecule has 0 radical (unpaired) electrons. The quantitative estimate of drug-likeness (QED) is 0.0231. The van der Waals surface area contributed by atoms with Gasteiger partial charge in [-0.05, 0) is 132 Å². The number of amides is 20. The molecular weight excluding hydrogens is 1720 g/mol. The normalized spacial score (nSPS) is 21.0. The summed E-state index contributed by atoms with van der Waals surface area (Å²) >= 11 is 0. The zero-order valence-corrected chi connectivity index (χ0v) is 70.4. The number of alkyl halides is 3. The number of hydrogen-bond acceptors (Lipinski definition) is 24. The van der Waals surface area contributed by atoms with Gasteiger partial charge in [0.05, 0.1) is 50.7 Å². The summed E-state index contributed by atoms with van der Waals surface area (Å²) in [5.74, 6) is -11.2. The molecule has 0 aliphatic carbocycles. The number of carbonyl (C=O) groups excluding carboxylic acids is 20. The maximum Gasteiger partial charge on any atom is 0.416 e. The van der Waals surface area contributed by atoms with Gasteiger partial charge < -0.3 is 126 Å². The summed E-state index contributed by atoms with van der Waals surface area (Å²) in [6.45, 7) is 0.729. The second kappa shape index (κ2) is 45.7. The van der Waals surface area contributed by atoms with E-state index in [1.807, 2.05) is 0 Å². The molecule has 8 aliphatic rings. The first-order chi connectivity index (χ1) is 61.7. The number of primary amides is 4. The molecule has 8 fully saturated rings. The molecule has 4 aromatic carbocycles. The first-order valence-electron chi connectivity index (χ1n) is 41.7. The fourth-order valence-electron chi connectivity index (χ4n) is 15.7. The van der Waals surface area contributed by atoms with Crippen molar-refractivity contribution in [2.24, 2.45) is 22.9 Å². The fourth-order valence-corrected chi connectivity index (χ4v) is 15.7. The van der Waals surface area contributed by atoms with E-state index in [1.54, 1.807) is 42.5 Å². The standard InChI is InChI=1S/C21H24F3N5O5.C21H27N5O7.C21H27N5O6.C20H25N5O6/c22-21(23,24)11-3-5-12(6-4-11)26-19(33)15-2-1-9-29(15)20(34)14(10-16(25)30)28-18(32)13-7-8-17(31)27-13;1-33-16-6-4-11(9-15(16)27)23-20(31)14-3-2-8-26(14)21(32)13(10-17(22)28)25-19(30)12-5-7-18(29)24-12;22-17(28)10-15(25-19(30)14-7-8-18(29)23-14)21(32)26-9-3-6-16(26)20(31)24-13-5-2-1-4-12(13)11-27;21-16(27)10-13(24-18(29)12-7-8-17(28)22-12)20(31)25-9-3-5-14(25)19(30)23-11-4-1-2-6-15(11)26/h3-6,13-15H,1-2,7-10H2,(H2,25,30)(H,26,33)(H,27,31)(H,28,32);4,6,9,12-14,27H,2-3,5,7-8,10H2,1H3,(H2,22,28)(H,23,31)(H,24,29)(H,25,30);1-2,4-5,14-16,27H,3,6-11H2,(H2,22,28)(H,23,29)(H,24,31)(H,25,30);1-2,4,6,12-14,26H,3,5,7-10H2,(H2,21,27)(H,22,28)(H,23,30)(H,24,29). The SMILES string of the molecule is COc1ccc(NC(=O)C2CCCN2C(=O)C(CC(N)=O)NC(=O)C2CCC(=O)N2)cc1O.NC(=O)CC(NC(=O)C1CCC(=O)N1)C(=O)N1CCCC1C(=O)Nc1ccc(C(F)(F)F)cc1.NC(=O)CC(NC(=O)C1CCC(=O)N1)C(=O)N1CCCC1C(=O)Nc1ccccc1CO.NC(=O)CC(NC(=O)C1CCC(=O)N1)C(=O)N1CCCC1C(=O)Nc1ccccc1O. The summed E-state index contributed by atoms with van der Waals surface area (Å²) < 4.78 is 43.2. The Hall–Kier alpha value is -14.6. The van der Waals surface area contributed by atoms with Crippen molar-refractivity contribution < 1.29 is 129 Å². The number of anilines is 4. The number of halogens is 3. The Morgan fingerprint density at radius 2 is 0.700 bits per heavy atom. The van der Waals surface area contributed by atoms with Crippen LogP contribution < -0.4 is 91.5 Å². The largest absolute Gasteiger partial charge is 0.506 e. The molecule has 20 amide bonds. The van der Waals surface area contributed by atoms with Gasteiger partial charge in [0.15, 0.2) is 11.5 Å². The lowest BCUT2D eigenvalue weighted by molar-refractivity contribution is -0.141. The highest BCUT2D eigenvalue weighted by molar-refractivity contribution is 6.05. The average molecular weight is 1820 g/mol. The number of phenols is 2. The molecule has 8 heterocycles. The number of nitrogens with one attached hydrogen (secondary N) is 12. The molecule has 8 aliphatic heterocycles. The van der Waals surface area contributed by atoms with Gasteiger partial charge in [-0.15, -0.1) is 0 Å². The van der Waals surface area contributed by atoms with Crippen molar-refractivity contribution in [2.45, 2.75) is 214 Å². The summed E-state index contributed by atoms with van der Waals surface area (Å²) in [7, 11) is 1.40. The van der Waals surface area contributed by atoms with Crippen LogP contribution in [0.1, 0.15) is 140 Å². The molecule has 0 saturated carbocycles. The number of aliphatic hydroxyl groups is 1. The molecule has 23 N–H and O–H groups in total. The Balaban J connectivity index is 0.000000195. The van der Waals surface area contributed by atoms with Crippen LogP contribution in [0.3, 0.4) is 0 Å². The molecule has 12 unspecified atom stereocenters. The number of phenolic OH excluding ortho intramolecular Hbond substituents is 2. The van der Waals surface area contributed by atoms with Crippen LogP contribution >= 0.6 is 0 Å². The number of nitrogens with zero attached hydrogens (tertiary/aromatic N) is 4. The van der Waals surface area contributed by atoms with Crippen LogP contribution in [0, 0.1) is 0 Å². The third-order valence-electron chi connectivity index (χ3n) is 22.2. The number of carbonyl (C=O) groups is 20. The van der Waals surface area contributed by atoms with Crippen molar-refractivity contribution in [3.05, 3.63) is 102 Å². The molecule has 0 aromatic heterocycles. The number of rotatable bonds is 30. The second-order valence-corrected chi connectivity index (χ2v) is 31.6. The second-order valence-electron chi connectivity index (χ2n) is 31.6. The predicted octanol–water partition coefficient (Wildman–Crippen LogP) is -3.05. The highest BCUT2D eigenvalue weighted by Gasteiger charge is 2.46. The number of aromatic hydroxyl groups is 2. The summed E-state index contributed by atoms with van der Waals surface area (Å²) in [6, 6.07) is 9.52. The smallest absolute Gasteiger partial charge is 0.416 e. The Labute approximate surface area is 739 Å². The molecule has 12 rings (SSSR count). The summed E-state index contributed by atoms with van der Waals surface area (Å²) in [6.07, 6.45) is -0.846. The lowest BCUT2D eigenvalue weighted by Gasteiger charge is -2.29. The molecule has 8 saturated heterocycles. The van der Waals surface area contributed by atoms with Gasteiger partial charge in [-0.25, -0.2) is 0 Å². The minimum atomic E-state index is -4.52. The molecule has 0 bridgehead atoms. The van der Waals surface area contributed by atoms with Crippen LogP contribution in [0.5, 0.6) is 17.2 Å². The third-order valence-corrected chi connectivity index (χ3v) is 22.2. The van der Waals surface area contributed by atoms with Crippen molar-refractivity contribution in [3.8, 4) is 17.2 Å². The highest BCUT2D eigenvalue weighted by Crippen LogP contribution is 2.34. The van der Waals surface area contributed by atoms with Crippen molar-refractivity contribution in [2.75, 3.05) is 54.6 Å². The minimum absolute atomic E-state index is 0.107. The predicted molar refractivity (Wildman–Crippen MR) is 448 cm³/mol. The van der Waals surface area contributed by atoms with Gasteiger partial charge in [0.25, 0.3) is 0 Å². The van der Waals surface area contributed by atoms with Crippen molar-refractivity contribution in [1.82, 2.24) is 62.1 Å². The molecule has 700 valence electrons. The van der Waals surface area contributed by atoms with Crippen LogP contribution in [-0.4, -0.2) is 259 Å². The molecule has 12 atom stereocenters. The molecule has 4 aromatic rings. The Bertz CT molecular complexity index is 4990. The van der Waals surface area contributed by atoms with E-state index in [1.165, 1.54) is 51.0 Å². The number of aliphatic hydroxyl groups excluding tert-OH is 1. The van der Waals surface area contributed by atoms with Gasteiger partial charge >= 0.3 is 6.18 Å². The average Bonchev–Trinajstić information content (AvgIpc) is 1.43. The maximum atomic E-state index is 13.2. The third kappa shape index (κ3) is 27.5. The summed E-state index contributed by atoms with van der Waals surface area (Å²) in [5, 5.41) is 59.6. The van der Waals surface area contributed by atoms with Gasteiger partial charge in [-0.1, -0.05) is 30.3 Å². The van der Waals surface area contributed by atoms with Gasteiger partial charge in [0.1, 0.15) is 78.3 Å². The lowest BCUT2D eigenvalue weighted by Crippen LogP contribution is -2.56. The van der Waals surface area contributed by atoms with Crippen LogP contribution in [-0.2, 0) is 109 Å². The molecule has 0 spiro atoms. The van der Waals surface area contributed by atoms with Crippen LogP contribution in [0.15, 0.2) is 91.0 Å². The Kier molecular flexibility index (Phi) is 34.9. The minimum Gasteiger partial charge on any atom is -0.506 e. The Morgan fingerprint density at radius 3 is 0.992 bits per heavy atom. The zero-order valence-electron chi connectivity index (χ0n) is 70.4. The van der Waals surface area contributed by atoms with Gasteiger partial charge in [-0.3, -0.25) is 95.9 Å². The number of nitrogens with two attached hydrogens (primary N) is 4. The van der Waals surface area contributed by atoms with E-state index >= 15 is 0 Å². The van der Waals surface area contributed by atoms with E-state index in [0.717, 1.165) is 24.3 Å². The number of likely N-dealkylation sites (tertiary alicyclic amines) is 4. The van der Waals surface area contributed by atoms with Crippen molar-refractivity contribution in [3.63, 3.8) is 0 Å². The first kappa shape index (κ1) is 99.2. The highest BCUT2D eigenvalue weighted by atomic mass is 19.4. The topological polar surface area (TPSA) is 673 Å². The monoisotopic (exact) mass is 1820 g/mol. The fraction of sp³-hybridized carbons (Fsp3) is 0.470. The lowest BCUT2D eigenvalue weighted by atomic mass is 10.1. The first-order valence-corrected chi connectivity index (χ1v) is 41.7. The van der Waals surface area contributed by atoms with E-state index in [9.17, 15) is 124 Å². The maximum absolute atomic E-state index is 13.2. The van der Waals surface area contributed by atoms with E-state index in [-0.39, 0.29) is 136 Å². The van der Waals surface area contributed by atoms with E-state index in [0.29, 0.717) is 68.3 Å². The molecular formula is C83H103F3N20O24. The molecule has 44 nitrogen and oxygen atoms in total. The van der Waals surface area contributed by atoms with Gasteiger partial charge in [0.2, 0.25) is 118 Å². The zero-order chi connectivity index (χ0) is 95.0. The van der Waals surface area contributed by atoms with E-state index < -0.39 is 204 Å². The van der Waals surface area contributed by atoms with Gasteiger partial charge in [0, 0.05) is 80.6 Å². The summed E-state index contributed by atoms with van der Waals surface area (Å²) in [5.41, 5.74) is 21.8. The molecule has 130 heavy (non-hydrogen) atoms. The number of methoxy groups -OCH3 is 1. The van der Waals surface area contributed by atoms with E-state index in [4.69, 9.17) is 27.7 Å². The van der Waals surface area contributed by atoms with Crippen molar-refractivity contribution >= 4 is 141 Å². The van der Waals surface area contributed by atoms with Gasteiger partial charge in [-0.2, -0.15) is 13.2 Å². The van der Waals surface area contributed by atoms with Crippen molar-refractivity contribution in [1.29, 1.82) is 0 Å². The van der Waals surface area contributed by atoms with Crippen LogP contribution in [0.4, 0.5) is 35.9 Å². The van der Waals surface area contributed by atoms with E-state index in [2.05, 4.69) is 63.8 Å². The number of benzene rings is 4. The Morgan fingerprint density at radius 1 is 0.400 bits per heavy atom. The van der Waals surface area contributed by atoms with Crippen LogP contribution in [0.2, 0.25) is 0 Å². The number of para-hydroxylation sites is 3. The molecule has 47 heteroatoms. The summed E-state index contributed by atoms with van der Waals surface area (Å²) in [4.78, 5) is 250. The van der Waals surface area contributed by atoms with Crippen LogP contribution in [0.25, 0.3) is 0 Å². The number of hydrogen-bond donors (Lipinski definition) is 19. The number of ether oxygens (including phenoxy) is 1.